The first-order valence-corrected chi connectivity index (χ1v) is 20.5. The average Bonchev–Trinajstić information content (AvgIpc) is 4.05. The third-order valence-electron chi connectivity index (χ3n) is 11.5. The first kappa shape index (κ1) is 39.5. The van der Waals surface area contributed by atoms with Crippen LogP contribution in [-0.2, 0) is 45.9 Å². The van der Waals surface area contributed by atoms with E-state index in [1.807, 2.05) is 47.0 Å². The van der Waals surface area contributed by atoms with E-state index in [2.05, 4.69) is 45.0 Å². The molecule has 0 unspecified atom stereocenters. The monoisotopic (exact) mass is 765 g/mol. The molecule has 0 spiro atoms. The van der Waals surface area contributed by atoms with Crippen molar-refractivity contribution in [3.05, 3.63) is 54.1 Å². The molecule has 5 bridgehead atoms. The number of rotatable bonds is 8. The Kier molecular flexibility index (Phi) is 10.8. The van der Waals surface area contributed by atoms with Gasteiger partial charge in [0.1, 0.15) is 23.2 Å². The molecule has 13 nitrogen and oxygen atoms in total. The number of nitrogens with zero attached hydrogens (tertiary/aromatic N) is 2. The lowest BCUT2D eigenvalue weighted by molar-refractivity contribution is -0.143. The Hall–Kier alpha value is -4.17. The van der Waals surface area contributed by atoms with Crippen LogP contribution in [0.2, 0.25) is 0 Å². The lowest BCUT2D eigenvalue weighted by Gasteiger charge is -2.36. The van der Waals surface area contributed by atoms with Gasteiger partial charge in [-0.3, -0.25) is 19.1 Å². The molecule has 3 N–H and O–H groups in total. The fourth-order valence-electron chi connectivity index (χ4n) is 7.97. The first-order valence-electron chi connectivity index (χ1n) is 19.0. The van der Waals surface area contributed by atoms with Gasteiger partial charge in [0.05, 0.1) is 18.4 Å². The van der Waals surface area contributed by atoms with E-state index in [1.54, 1.807) is 7.11 Å². The minimum absolute atomic E-state index is 0.0297. The second kappa shape index (κ2) is 14.8. The van der Waals surface area contributed by atoms with Crippen LogP contribution in [0, 0.1) is 11.3 Å². The van der Waals surface area contributed by atoms with Gasteiger partial charge in [-0.2, -0.15) is 0 Å². The number of sulfonamides is 1. The number of methoxy groups -OCH3 is 1. The molecule has 4 amide bonds. The Bertz CT molecular complexity index is 1940. The topological polar surface area (TPSA) is 163 Å². The summed E-state index contributed by atoms with van der Waals surface area (Å²) in [6.07, 6.45) is 6.28. The van der Waals surface area contributed by atoms with Crippen molar-refractivity contribution < 1.29 is 37.1 Å². The summed E-state index contributed by atoms with van der Waals surface area (Å²) in [6.45, 7) is 9.44. The molecule has 2 heterocycles. The number of cyclic esters (lactones) is 1. The number of nitrogens with one attached hydrogen (secondary N) is 3. The third-order valence-corrected chi connectivity index (χ3v) is 13.4. The minimum atomic E-state index is -3.90. The second-order valence-corrected chi connectivity index (χ2v) is 18.7. The molecular formula is C40H55N5O8S. The maximum atomic E-state index is 14.8. The number of anilines is 1. The minimum Gasteiger partial charge on any atom is -0.450 e. The molecule has 294 valence electrons. The van der Waals surface area contributed by atoms with Crippen LogP contribution in [-0.4, -0.2) is 94.4 Å². The lowest BCUT2D eigenvalue weighted by atomic mass is 9.85. The van der Waals surface area contributed by atoms with Crippen molar-refractivity contribution in [1.82, 2.24) is 20.3 Å². The number of benzene rings is 2. The molecule has 2 aliphatic heterocycles. The summed E-state index contributed by atoms with van der Waals surface area (Å²) >= 11 is 0. The summed E-state index contributed by atoms with van der Waals surface area (Å²) in [6, 6.07) is 8.19. The summed E-state index contributed by atoms with van der Waals surface area (Å²) in [5.74, 6) is -2.49. The van der Waals surface area contributed by atoms with Crippen molar-refractivity contribution >= 4 is 50.3 Å². The van der Waals surface area contributed by atoms with Crippen LogP contribution in [0.1, 0.15) is 83.3 Å². The van der Waals surface area contributed by atoms with Crippen LogP contribution in [0.3, 0.4) is 0 Å². The van der Waals surface area contributed by atoms with E-state index in [0.717, 1.165) is 47.7 Å². The standard InChI is InChI=1S/C40H55N5O8S/c1-8-28-22-40(28,36(48)43-54(50,51)30-16-17-30)42-34(46)32-23-39(52-7)24-45(32)35(47)33(38(2,3)4)41-37(49)53-18-12-10-9-11-13-26-19-27-20-29(39)15-14-25(27)21-31(26)44(5)6/h8,14-15,19-21,28,30,32-33H,1,9-13,16-18,22-24H2,2-7H3,(H,41,49)(H,42,46)(H,43,48)/t28-,32+,33-,39+,40-/m1/s1. The quantitative estimate of drug-likeness (QED) is 0.333. The fourth-order valence-corrected chi connectivity index (χ4v) is 9.34. The van der Waals surface area contributed by atoms with E-state index < -0.39 is 73.6 Å². The van der Waals surface area contributed by atoms with Crippen LogP contribution in [0.25, 0.3) is 10.8 Å². The van der Waals surface area contributed by atoms with Gasteiger partial charge in [-0.1, -0.05) is 51.8 Å². The maximum Gasteiger partial charge on any atom is 0.407 e. The van der Waals surface area contributed by atoms with Gasteiger partial charge < -0.3 is 29.9 Å². The van der Waals surface area contributed by atoms with Gasteiger partial charge >= 0.3 is 6.09 Å². The van der Waals surface area contributed by atoms with Crippen molar-refractivity contribution in [3.8, 4) is 0 Å². The van der Waals surface area contributed by atoms with Crippen LogP contribution >= 0.6 is 0 Å². The van der Waals surface area contributed by atoms with E-state index in [0.29, 0.717) is 19.3 Å². The van der Waals surface area contributed by atoms with Crippen molar-refractivity contribution in [2.75, 3.05) is 39.3 Å². The van der Waals surface area contributed by atoms with E-state index in [-0.39, 0.29) is 26.0 Å². The molecular weight excluding hydrogens is 711 g/mol. The van der Waals surface area contributed by atoms with Gasteiger partial charge in [-0.25, -0.2) is 13.2 Å². The zero-order valence-corrected chi connectivity index (χ0v) is 33.1. The van der Waals surface area contributed by atoms with Gasteiger partial charge in [-0.05, 0) is 84.0 Å². The van der Waals surface area contributed by atoms with Crippen LogP contribution in [0.15, 0.2) is 43.0 Å². The summed E-state index contributed by atoms with van der Waals surface area (Å²) < 4.78 is 39.6. The summed E-state index contributed by atoms with van der Waals surface area (Å²) in [4.78, 5) is 59.6. The Balaban J connectivity index is 1.41. The molecule has 2 aromatic carbocycles. The number of carbonyl (C=O) groups excluding carboxylic acids is 4. The van der Waals surface area contributed by atoms with Crippen LogP contribution < -0.4 is 20.3 Å². The number of aryl methyl sites for hydroxylation is 1. The largest absolute Gasteiger partial charge is 0.450 e. The van der Waals surface area contributed by atoms with Crippen molar-refractivity contribution in [1.29, 1.82) is 0 Å². The molecule has 2 aromatic rings. The molecule has 5 atom stereocenters. The predicted molar refractivity (Wildman–Crippen MR) is 206 cm³/mol. The second-order valence-electron chi connectivity index (χ2n) is 16.7. The van der Waals surface area contributed by atoms with Gasteiger partial charge in [0.25, 0.3) is 5.91 Å². The van der Waals surface area contributed by atoms with E-state index in [4.69, 9.17) is 9.47 Å². The summed E-state index contributed by atoms with van der Waals surface area (Å²) in [5.41, 5.74) is -0.388. The van der Waals surface area contributed by atoms with Crippen LogP contribution in [0.5, 0.6) is 0 Å². The Morgan fingerprint density at radius 3 is 2.41 bits per heavy atom. The smallest absolute Gasteiger partial charge is 0.407 e. The number of fused-ring (bicyclic) bond motifs is 5. The number of alkyl carbamates (subject to hydrolysis) is 1. The Labute approximate surface area is 318 Å². The molecule has 4 aliphatic rings. The molecule has 54 heavy (non-hydrogen) atoms. The number of ether oxygens (including phenoxy) is 2. The zero-order chi connectivity index (χ0) is 39.2. The molecule has 3 fully saturated rings. The van der Waals surface area contributed by atoms with E-state index >= 15 is 0 Å². The summed E-state index contributed by atoms with van der Waals surface area (Å²) in [5, 5.41) is 7.05. The Morgan fingerprint density at radius 2 is 1.78 bits per heavy atom. The van der Waals surface area contributed by atoms with Crippen molar-refractivity contribution in [3.63, 3.8) is 0 Å². The molecule has 0 radical (unpaired) electrons. The number of hydrogen-bond donors (Lipinski definition) is 3. The highest BCUT2D eigenvalue weighted by Crippen LogP contribution is 2.47. The molecule has 0 aromatic heterocycles. The van der Waals surface area contributed by atoms with E-state index in [1.165, 1.54) is 16.5 Å². The van der Waals surface area contributed by atoms with Gasteiger partial charge in [0.15, 0.2) is 0 Å². The molecule has 6 rings (SSSR count). The number of carbonyl (C=O) groups is 4. The molecule has 14 heteroatoms. The fraction of sp³-hybridized carbons (Fsp3) is 0.600. The lowest BCUT2D eigenvalue weighted by Crippen LogP contribution is -2.60. The average molecular weight is 766 g/mol. The first-order chi connectivity index (χ1) is 25.4. The highest BCUT2D eigenvalue weighted by Gasteiger charge is 2.62. The number of amides is 4. The predicted octanol–water partition coefficient (Wildman–Crippen LogP) is 4.28. The molecule has 2 saturated carbocycles. The van der Waals surface area contributed by atoms with E-state index in [9.17, 15) is 27.6 Å². The normalized spacial score (nSPS) is 28.0. The molecule has 1 saturated heterocycles. The SMILES string of the molecule is C=C[C@@H]1C[C@]1(NC(=O)[C@@H]1C[C@]2(OC)CN1C(=O)[C@H](C(C)(C)C)NC(=O)OCCCCCCc1cc3cc2ccc3cc1N(C)C)C(=O)NS(=O)(=O)C1CC1. The van der Waals surface area contributed by atoms with Crippen LogP contribution in [0.4, 0.5) is 10.5 Å². The van der Waals surface area contributed by atoms with Crippen molar-refractivity contribution in [2.24, 2.45) is 11.3 Å². The van der Waals surface area contributed by atoms with Gasteiger partial charge in [0, 0.05) is 39.2 Å². The van der Waals surface area contributed by atoms with Gasteiger partial charge in [0.2, 0.25) is 21.8 Å². The Morgan fingerprint density at radius 1 is 1.06 bits per heavy atom. The third kappa shape index (κ3) is 7.82. The highest BCUT2D eigenvalue weighted by atomic mass is 32.2. The highest BCUT2D eigenvalue weighted by molar-refractivity contribution is 7.91. The summed E-state index contributed by atoms with van der Waals surface area (Å²) in [7, 11) is 1.71. The molecule has 2 aliphatic carbocycles. The zero-order valence-electron chi connectivity index (χ0n) is 32.3. The number of hydrogen-bond acceptors (Lipinski definition) is 9. The van der Waals surface area contributed by atoms with Crippen molar-refractivity contribution in [2.45, 2.75) is 107 Å². The maximum absolute atomic E-state index is 14.8. The van der Waals surface area contributed by atoms with Gasteiger partial charge in [-0.15, -0.1) is 6.58 Å².